The first kappa shape index (κ1) is 19.9. The topological polar surface area (TPSA) is 70.6 Å². The van der Waals surface area contributed by atoms with Gasteiger partial charge >= 0.3 is 0 Å². The minimum Gasteiger partial charge on any atom is -0.326 e. The summed E-state index contributed by atoms with van der Waals surface area (Å²) in [5.74, 6) is -0.597. The molecule has 0 atom stereocenters. The minimum absolute atomic E-state index is 0.0306. The van der Waals surface area contributed by atoms with Crippen molar-refractivity contribution in [3.8, 4) is 0 Å². The predicted molar refractivity (Wildman–Crippen MR) is 106 cm³/mol. The molecule has 5 nitrogen and oxygen atoms in total. The standard InChI is InChI=1S/C19H19Cl2N3O2/c1-12-16(21)4-3-5-17(12)22-18(25)10-11-19(26)24-23-13(2)14-6-8-15(20)9-7-14/h3-9H,10-11H2,1-2H3,(H,22,25)(H,24,26)/b23-13+. The summed E-state index contributed by atoms with van der Waals surface area (Å²) in [6, 6.07) is 12.4. The number of nitrogens with one attached hydrogen (secondary N) is 2. The largest absolute Gasteiger partial charge is 0.326 e. The Bertz CT molecular complexity index is 833. The molecule has 2 rings (SSSR count). The lowest BCUT2D eigenvalue weighted by Crippen LogP contribution is -2.22. The summed E-state index contributed by atoms with van der Waals surface area (Å²) in [5.41, 5.74) is 5.37. The zero-order valence-corrected chi connectivity index (χ0v) is 16.0. The van der Waals surface area contributed by atoms with Crippen molar-refractivity contribution in [3.63, 3.8) is 0 Å². The highest BCUT2D eigenvalue weighted by molar-refractivity contribution is 6.31. The maximum absolute atomic E-state index is 12.0. The van der Waals surface area contributed by atoms with Crippen LogP contribution in [0, 0.1) is 6.92 Å². The second-order valence-electron chi connectivity index (χ2n) is 5.70. The van der Waals surface area contributed by atoms with E-state index in [0.717, 1.165) is 11.1 Å². The van der Waals surface area contributed by atoms with Gasteiger partial charge in [-0.25, -0.2) is 5.43 Å². The Morgan fingerprint density at radius 2 is 1.65 bits per heavy atom. The second kappa shape index (κ2) is 9.36. The molecule has 0 aliphatic carbocycles. The summed E-state index contributed by atoms with van der Waals surface area (Å²) < 4.78 is 0. The fourth-order valence-corrected chi connectivity index (χ4v) is 2.44. The summed E-state index contributed by atoms with van der Waals surface area (Å²) in [7, 11) is 0. The quantitative estimate of drug-likeness (QED) is 0.559. The Morgan fingerprint density at radius 3 is 2.35 bits per heavy atom. The Balaban J connectivity index is 1.82. The normalized spacial score (nSPS) is 11.2. The van der Waals surface area contributed by atoms with Gasteiger partial charge in [0.1, 0.15) is 0 Å². The Hall–Kier alpha value is -2.37. The SMILES string of the molecule is C/C(=N\NC(=O)CCC(=O)Nc1cccc(Cl)c1C)c1ccc(Cl)cc1. The van der Waals surface area contributed by atoms with E-state index in [2.05, 4.69) is 15.8 Å². The van der Waals surface area contributed by atoms with Gasteiger partial charge in [-0.1, -0.05) is 41.4 Å². The first-order valence-electron chi connectivity index (χ1n) is 8.01. The molecule has 0 unspecified atom stereocenters. The predicted octanol–water partition coefficient (Wildman–Crippen LogP) is 4.56. The van der Waals surface area contributed by atoms with Gasteiger partial charge in [-0.05, 0) is 49.2 Å². The van der Waals surface area contributed by atoms with E-state index in [9.17, 15) is 9.59 Å². The van der Waals surface area contributed by atoms with E-state index in [1.807, 2.05) is 19.1 Å². The number of benzene rings is 2. The smallest absolute Gasteiger partial charge is 0.240 e. The molecule has 0 spiro atoms. The summed E-state index contributed by atoms with van der Waals surface area (Å²) in [6.45, 7) is 3.59. The van der Waals surface area contributed by atoms with Gasteiger partial charge in [0.05, 0.1) is 5.71 Å². The van der Waals surface area contributed by atoms with Crippen LogP contribution >= 0.6 is 23.2 Å². The summed E-state index contributed by atoms with van der Waals surface area (Å²) in [6.07, 6.45) is 0.0795. The fourth-order valence-electron chi connectivity index (χ4n) is 2.14. The lowest BCUT2D eigenvalue weighted by atomic mass is 10.1. The Kier molecular flexibility index (Phi) is 7.18. The van der Waals surface area contributed by atoms with Crippen molar-refractivity contribution in [2.75, 3.05) is 5.32 Å². The number of hydrazone groups is 1. The molecule has 0 saturated heterocycles. The highest BCUT2D eigenvalue weighted by Gasteiger charge is 2.09. The van der Waals surface area contributed by atoms with Gasteiger partial charge in [0.25, 0.3) is 0 Å². The molecule has 2 amide bonds. The average Bonchev–Trinajstić information content (AvgIpc) is 2.62. The number of hydrogen-bond acceptors (Lipinski definition) is 3. The monoisotopic (exact) mass is 391 g/mol. The van der Waals surface area contributed by atoms with Crippen molar-refractivity contribution in [3.05, 3.63) is 63.6 Å². The maximum atomic E-state index is 12.0. The zero-order valence-electron chi connectivity index (χ0n) is 14.5. The van der Waals surface area contributed by atoms with Crippen LogP contribution < -0.4 is 10.7 Å². The van der Waals surface area contributed by atoms with Gasteiger partial charge in [-0.3, -0.25) is 9.59 Å². The van der Waals surface area contributed by atoms with Crippen LogP contribution in [0.3, 0.4) is 0 Å². The van der Waals surface area contributed by atoms with Crippen molar-refractivity contribution < 1.29 is 9.59 Å². The van der Waals surface area contributed by atoms with E-state index in [1.54, 1.807) is 37.3 Å². The average molecular weight is 392 g/mol. The van der Waals surface area contributed by atoms with Crippen LogP contribution in [0.5, 0.6) is 0 Å². The molecule has 0 aliphatic heterocycles. The van der Waals surface area contributed by atoms with Crippen LogP contribution in [0.1, 0.15) is 30.9 Å². The van der Waals surface area contributed by atoms with Crippen LogP contribution in [0.4, 0.5) is 5.69 Å². The summed E-state index contributed by atoms with van der Waals surface area (Å²) >= 11 is 11.9. The molecule has 0 radical (unpaired) electrons. The number of hydrogen-bond donors (Lipinski definition) is 2. The first-order valence-corrected chi connectivity index (χ1v) is 8.76. The third-order valence-corrected chi connectivity index (χ3v) is 4.39. The lowest BCUT2D eigenvalue weighted by molar-refractivity contribution is -0.124. The molecule has 26 heavy (non-hydrogen) atoms. The van der Waals surface area contributed by atoms with Gasteiger partial charge < -0.3 is 5.32 Å². The van der Waals surface area contributed by atoms with Gasteiger partial charge in [0.2, 0.25) is 11.8 Å². The van der Waals surface area contributed by atoms with Crippen LogP contribution in [-0.4, -0.2) is 17.5 Å². The van der Waals surface area contributed by atoms with E-state index in [4.69, 9.17) is 23.2 Å². The van der Waals surface area contributed by atoms with Crippen LogP contribution in [0.15, 0.2) is 47.6 Å². The lowest BCUT2D eigenvalue weighted by Gasteiger charge is -2.09. The molecule has 2 N–H and O–H groups in total. The first-order chi connectivity index (χ1) is 12.4. The summed E-state index contributed by atoms with van der Waals surface area (Å²) in [5, 5.41) is 7.99. The van der Waals surface area contributed by atoms with Gasteiger partial charge in [-0.2, -0.15) is 5.10 Å². The van der Waals surface area contributed by atoms with Crippen molar-refractivity contribution in [2.45, 2.75) is 26.7 Å². The molecule has 0 aromatic heterocycles. The van der Waals surface area contributed by atoms with Crippen molar-refractivity contribution in [2.24, 2.45) is 5.10 Å². The molecular weight excluding hydrogens is 373 g/mol. The molecule has 0 aliphatic rings. The fraction of sp³-hybridized carbons (Fsp3) is 0.211. The van der Waals surface area contributed by atoms with Crippen LogP contribution in [0.25, 0.3) is 0 Å². The number of amides is 2. The molecule has 0 heterocycles. The number of nitrogens with zero attached hydrogens (tertiary/aromatic N) is 1. The highest BCUT2D eigenvalue weighted by atomic mass is 35.5. The Labute approximate surface area is 162 Å². The second-order valence-corrected chi connectivity index (χ2v) is 6.54. The van der Waals surface area contributed by atoms with Crippen molar-refractivity contribution >= 4 is 46.4 Å². The zero-order chi connectivity index (χ0) is 19.1. The van der Waals surface area contributed by atoms with Gasteiger partial charge in [0, 0.05) is 28.6 Å². The van der Waals surface area contributed by atoms with Crippen molar-refractivity contribution in [1.82, 2.24) is 5.43 Å². The molecular formula is C19H19Cl2N3O2. The molecule has 0 fully saturated rings. The van der Waals surface area contributed by atoms with Crippen molar-refractivity contribution in [1.29, 1.82) is 0 Å². The van der Waals surface area contributed by atoms with Gasteiger partial charge in [-0.15, -0.1) is 0 Å². The number of anilines is 1. The van der Waals surface area contributed by atoms with Gasteiger partial charge in [0.15, 0.2) is 0 Å². The minimum atomic E-state index is -0.337. The molecule has 136 valence electrons. The van der Waals surface area contributed by atoms with E-state index < -0.39 is 0 Å². The van der Waals surface area contributed by atoms with E-state index >= 15 is 0 Å². The molecule has 0 bridgehead atoms. The summed E-state index contributed by atoms with van der Waals surface area (Å²) in [4.78, 5) is 23.9. The maximum Gasteiger partial charge on any atom is 0.240 e. The van der Waals surface area contributed by atoms with E-state index in [0.29, 0.717) is 21.4 Å². The number of carbonyl (C=O) groups excluding carboxylic acids is 2. The van der Waals surface area contributed by atoms with E-state index in [1.165, 1.54) is 0 Å². The van der Waals surface area contributed by atoms with Crippen LogP contribution in [-0.2, 0) is 9.59 Å². The number of rotatable bonds is 6. The highest BCUT2D eigenvalue weighted by Crippen LogP contribution is 2.23. The number of halogens is 2. The molecule has 7 heteroatoms. The molecule has 0 saturated carbocycles. The third kappa shape index (κ3) is 5.86. The molecule has 2 aromatic rings. The van der Waals surface area contributed by atoms with E-state index in [-0.39, 0.29) is 24.7 Å². The Morgan fingerprint density at radius 1 is 1.00 bits per heavy atom. The third-order valence-electron chi connectivity index (χ3n) is 3.73. The number of carbonyl (C=O) groups is 2. The molecule has 2 aromatic carbocycles. The van der Waals surface area contributed by atoms with Crippen LogP contribution in [0.2, 0.25) is 10.0 Å².